The number of likely N-dealkylation sites (tertiary alicyclic amines) is 1. The Morgan fingerprint density at radius 2 is 2.10 bits per heavy atom. The van der Waals surface area contributed by atoms with Crippen molar-refractivity contribution in [1.82, 2.24) is 4.90 Å². The summed E-state index contributed by atoms with van der Waals surface area (Å²) in [7, 11) is 0. The third-order valence-corrected chi connectivity index (χ3v) is 5.71. The van der Waals surface area contributed by atoms with Crippen molar-refractivity contribution in [1.29, 1.82) is 0 Å². The van der Waals surface area contributed by atoms with Gasteiger partial charge in [-0.2, -0.15) is 0 Å². The molecule has 2 unspecified atom stereocenters. The predicted octanol–water partition coefficient (Wildman–Crippen LogP) is 4.83. The molecule has 0 N–H and O–H groups in total. The van der Waals surface area contributed by atoms with E-state index in [0.29, 0.717) is 11.8 Å². The van der Waals surface area contributed by atoms with E-state index in [4.69, 9.17) is 11.6 Å². The summed E-state index contributed by atoms with van der Waals surface area (Å²) in [5.74, 6) is 0.744. The van der Waals surface area contributed by atoms with Gasteiger partial charge in [-0.25, -0.2) is 0 Å². The van der Waals surface area contributed by atoms with Crippen LogP contribution >= 0.6 is 27.5 Å². The number of hydrogen-bond donors (Lipinski definition) is 0. The van der Waals surface area contributed by atoms with E-state index in [9.17, 15) is 4.79 Å². The van der Waals surface area contributed by atoms with Crippen LogP contribution < -0.4 is 0 Å². The maximum Gasteiger partial charge on any atom is 0.137 e. The Bertz CT molecular complexity index is 534. The van der Waals surface area contributed by atoms with Gasteiger partial charge < -0.3 is 0 Å². The number of carbonyl (C=O) groups excluding carboxylic acids is 1. The van der Waals surface area contributed by atoms with E-state index < -0.39 is 0 Å². The molecule has 2 nitrogen and oxygen atoms in total. The minimum absolute atomic E-state index is 0.263. The Morgan fingerprint density at radius 3 is 2.81 bits per heavy atom. The molecule has 2 fully saturated rings. The number of halogens is 2. The lowest BCUT2D eigenvalue weighted by molar-refractivity contribution is -0.123. The molecule has 114 valence electrons. The molecule has 2 atom stereocenters. The van der Waals surface area contributed by atoms with Crippen molar-refractivity contribution in [2.75, 3.05) is 6.54 Å². The average molecular weight is 371 g/mol. The number of rotatable bonds is 3. The molecule has 1 heterocycles. The lowest BCUT2D eigenvalue weighted by Crippen LogP contribution is -2.44. The van der Waals surface area contributed by atoms with Crippen molar-refractivity contribution in [3.63, 3.8) is 0 Å². The Morgan fingerprint density at radius 1 is 1.24 bits per heavy atom. The SMILES string of the molecule is O=C1CCCC1C1CCCCN1Cc1ccc(Br)cc1Cl. The van der Waals surface area contributed by atoms with Crippen LogP contribution in [0.15, 0.2) is 22.7 Å². The molecule has 1 aliphatic carbocycles. The zero-order chi connectivity index (χ0) is 14.8. The van der Waals surface area contributed by atoms with Gasteiger partial charge in [0.25, 0.3) is 0 Å². The smallest absolute Gasteiger partial charge is 0.137 e. The summed E-state index contributed by atoms with van der Waals surface area (Å²) >= 11 is 9.81. The third-order valence-electron chi connectivity index (χ3n) is 4.87. The number of piperidine rings is 1. The number of nitrogens with zero attached hydrogens (tertiary/aromatic N) is 1. The van der Waals surface area contributed by atoms with Gasteiger partial charge in [0.2, 0.25) is 0 Å². The summed E-state index contributed by atoms with van der Waals surface area (Å²) in [5, 5.41) is 0.812. The quantitative estimate of drug-likeness (QED) is 0.760. The predicted molar refractivity (Wildman–Crippen MR) is 89.5 cm³/mol. The highest BCUT2D eigenvalue weighted by Crippen LogP contribution is 2.34. The van der Waals surface area contributed by atoms with Crippen molar-refractivity contribution >= 4 is 33.3 Å². The molecule has 0 aromatic heterocycles. The van der Waals surface area contributed by atoms with Crippen molar-refractivity contribution < 1.29 is 4.79 Å². The van der Waals surface area contributed by atoms with Crippen molar-refractivity contribution in [3.05, 3.63) is 33.3 Å². The molecule has 0 amide bonds. The second-order valence-electron chi connectivity index (χ2n) is 6.23. The fraction of sp³-hybridized carbons (Fsp3) is 0.588. The number of carbonyl (C=O) groups is 1. The monoisotopic (exact) mass is 369 g/mol. The number of benzene rings is 1. The third kappa shape index (κ3) is 3.52. The summed E-state index contributed by atoms with van der Waals surface area (Å²) in [5.41, 5.74) is 1.16. The minimum Gasteiger partial charge on any atom is -0.299 e. The van der Waals surface area contributed by atoms with Crippen LogP contribution in [0.3, 0.4) is 0 Å². The number of hydrogen-bond acceptors (Lipinski definition) is 2. The second kappa shape index (κ2) is 6.80. The molecule has 4 heteroatoms. The highest BCUT2D eigenvalue weighted by atomic mass is 79.9. The molecular formula is C17H21BrClNO. The maximum atomic E-state index is 12.1. The van der Waals surface area contributed by atoms with E-state index in [0.717, 1.165) is 53.8 Å². The van der Waals surface area contributed by atoms with Crippen LogP contribution in [0, 0.1) is 5.92 Å². The van der Waals surface area contributed by atoms with Gasteiger partial charge in [-0.1, -0.05) is 40.0 Å². The van der Waals surface area contributed by atoms with Crippen molar-refractivity contribution in [3.8, 4) is 0 Å². The molecule has 2 aliphatic rings. The minimum atomic E-state index is 0.263. The van der Waals surface area contributed by atoms with Crippen LogP contribution in [-0.2, 0) is 11.3 Å². The Hall–Kier alpha value is -0.380. The highest BCUT2D eigenvalue weighted by molar-refractivity contribution is 9.10. The Labute approximate surface area is 140 Å². The van der Waals surface area contributed by atoms with Gasteiger partial charge in [0.15, 0.2) is 0 Å². The summed E-state index contributed by atoms with van der Waals surface area (Å²) in [6, 6.07) is 6.51. The molecule has 1 aromatic carbocycles. The zero-order valence-corrected chi connectivity index (χ0v) is 14.5. The van der Waals surface area contributed by atoms with Gasteiger partial charge in [0.1, 0.15) is 5.78 Å². The summed E-state index contributed by atoms with van der Waals surface area (Å²) in [4.78, 5) is 14.6. The van der Waals surface area contributed by atoms with Crippen molar-refractivity contribution in [2.24, 2.45) is 5.92 Å². The van der Waals surface area contributed by atoms with Gasteiger partial charge in [0, 0.05) is 34.4 Å². The standard InChI is InChI=1S/C17H21BrClNO/c18-13-8-7-12(15(19)10-13)11-20-9-2-1-5-16(20)14-4-3-6-17(14)21/h7-8,10,14,16H,1-6,9,11H2. The highest BCUT2D eigenvalue weighted by Gasteiger charge is 2.36. The maximum absolute atomic E-state index is 12.1. The lowest BCUT2D eigenvalue weighted by atomic mass is 9.88. The van der Waals surface area contributed by atoms with Gasteiger partial charge in [-0.15, -0.1) is 0 Å². The van der Waals surface area contributed by atoms with E-state index >= 15 is 0 Å². The molecule has 0 bridgehead atoms. The molecule has 1 aromatic rings. The van der Waals surface area contributed by atoms with Crippen LogP contribution in [0.25, 0.3) is 0 Å². The van der Waals surface area contributed by atoms with Crippen LogP contribution in [0.2, 0.25) is 5.02 Å². The van der Waals surface area contributed by atoms with Crippen LogP contribution in [0.4, 0.5) is 0 Å². The van der Waals surface area contributed by atoms with E-state index in [1.807, 2.05) is 12.1 Å². The van der Waals surface area contributed by atoms with Gasteiger partial charge >= 0.3 is 0 Å². The first kappa shape index (κ1) is 15.5. The molecule has 1 saturated carbocycles. The summed E-state index contributed by atoms with van der Waals surface area (Å²) < 4.78 is 1.01. The molecular weight excluding hydrogens is 350 g/mol. The number of ketones is 1. The lowest BCUT2D eigenvalue weighted by Gasteiger charge is -2.39. The molecule has 0 spiro atoms. The second-order valence-corrected chi connectivity index (χ2v) is 7.56. The van der Waals surface area contributed by atoms with Gasteiger partial charge in [-0.3, -0.25) is 9.69 Å². The number of Topliss-reactive ketones (excluding diaryl/α,β-unsaturated/α-hetero) is 1. The van der Waals surface area contributed by atoms with Gasteiger partial charge in [0.05, 0.1) is 0 Å². The fourth-order valence-electron chi connectivity index (χ4n) is 3.79. The first-order chi connectivity index (χ1) is 10.1. The molecule has 0 radical (unpaired) electrons. The largest absolute Gasteiger partial charge is 0.299 e. The zero-order valence-electron chi connectivity index (χ0n) is 12.2. The van der Waals surface area contributed by atoms with Crippen molar-refractivity contribution in [2.45, 2.75) is 51.1 Å². The van der Waals surface area contributed by atoms with Crippen LogP contribution in [-0.4, -0.2) is 23.3 Å². The summed E-state index contributed by atoms with van der Waals surface area (Å²) in [6.45, 7) is 1.95. The molecule has 1 saturated heterocycles. The summed E-state index contributed by atoms with van der Waals surface area (Å²) in [6.07, 6.45) is 6.57. The normalized spacial score (nSPS) is 27.2. The first-order valence-corrected chi connectivity index (χ1v) is 9.03. The van der Waals surface area contributed by atoms with E-state index in [2.05, 4.69) is 26.9 Å². The molecule has 21 heavy (non-hydrogen) atoms. The van der Waals surface area contributed by atoms with E-state index in [1.165, 1.54) is 12.8 Å². The topological polar surface area (TPSA) is 20.3 Å². The van der Waals surface area contributed by atoms with Crippen LogP contribution in [0.5, 0.6) is 0 Å². The fourth-order valence-corrected chi connectivity index (χ4v) is 4.52. The molecule has 1 aliphatic heterocycles. The first-order valence-electron chi connectivity index (χ1n) is 7.86. The van der Waals surface area contributed by atoms with E-state index in [1.54, 1.807) is 0 Å². The molecule has 3 rings (SSSR count). The Kier molecular flexibility index (Phi) is 5.03. The average Bonchev–Trinajstić information content (AvgIpc) is 2.89. The van der Waals surface area contributed by atoms with E-state index in [-0.39, 0.29) is 5.92 Å². The van der Waals surface area contributed by atoms with Crippen LogP contribution in [0.1, 0.15) is 44.1 Å². The Balaban J connectivity index is 1.76. The van der Waals surface area contributed by atoms with Gasteiger partial charge in [-0.05, 0) is 49.9 Å².